The number of aromatic nitrogens is 2. The van der Waals surface area contributed by atoms with Crippen LogP contribution in [0.2, 0.25) is 0 Å². The van der Waals surface area contributed by atoms with Crippen LogP contribution in [0.1, 0.15) is 0 Å². The van der Waals surface area contributed by atoms with E-state index in [1.807, 2.05) is 0 Å². The minimum Gasteiger partial charge on any atom is -0.381 e. The summed E-state index contributed by atoms with van der Waals surface area (Å²) in [6, 6.07) is 2.84. The summed E-state index contributed by atoms with van der Waals surface area (Å²) in [6.07, 6.45) is 0.588. The summed E-state index contributed by atoms with van der Waals surface area (Å²) in [4.78, 5) is 20.3. The number of nitrogens with one attached hydrogen (secondary N) is 2. The van der Waals surface area contributed by atoms with E-state index in [1.165, 1.54) is 12.1 Å². The van der Waals surface area contributed by atoms with Gasteiger partial charge in [-0.2, -0.15) is 0 Å². The third-order valence-corrected chi connectivity index (χ3v) is 2.26. The molecule has 9 heteroatoms. The summed E-state index contributed by atoms with van der Waals surface area (Å²) in [5, 5.41) is 23.3. The molecule has 1 heterocycles. The molecule has 0 radical (unpaired) electrons. The van der Waals surface area contributed by atoms with E-state index in [0.29, 0.717) is 25.2 Å². The van der Waals surface area contributed by atoms with Gasteiger partial charge in [-0.25, -0.2) is 4.63 Å². The van der Waals surface area contributed by atoms with Crippen LogP contribution < -0.4 is 10.6 Å². The van der Waals surface area contributed by atoms with Crippen LogP contribution in [0.3, 0.4) is 0 Å². The first-order valence-corrected chi connectivity index (χ1v) is 5.04. The van der Waals surface area contributed by atoms with Crippen molar-refractivity contribution in [1.29, 1.82) is 0 Å². The summed E-state index contributed by atoms with van der Waals surface area (Å²) >= 11 is 0. The van der Waals surface area contributed by atoms with Crippen LogP contribution >= 0.6 is 0 Å². The second kappa shape index (κ2) is 5.08. The molecule has 2 aromatic rings. The Balaban J connectivity index is 2.24. The topological polar surface area (TPSA) is 123 Å². The lowest BCUT2D eigenvalue weighted by Gasteiger charge is -2.05. The Labute approximate surface area is 100 Å². The Hall–Kier alpha value is -2.71. The van der Waals surface area contributed by atoms with Crippen molar-refractivity contribution < 1.29 is 14.3 Å². The molecule has 1 aromatic carbocycles. The average molecular weight is 251 g/mol. The Kier molecular flexibility index (Phi) is 3.32. The summed E-state index contributed by atoms with van der Waals surface area (Å²) in [7, 11) is 0. The highest BCUT2D eigenvalue weighted by Crippen LogP contribution is 2.28. The molecule has 0 bridgehead atoms. The molecule has 1 aromatic heterocycles. The van der Waals surface area contributed by atoms with E-state index in [0.717, 1.165) is 0 Å². The number of nitro groups is 1. The van der Waals surface area contributed by atoms with E-state index in [2.05, 4.69) is 25.6 Å². The number of benzene rings is 1. The molecule has 94 valence electrons. The van der Waals surface area contributed by atoms with Crippen molar-refractivity contribution in [3.8, 4) is 0 Å². The maximum Gasteiger partial charge on any atom is 0.300 e. The van der Waals surface area contributed by atoms with Crippen molar-refractivity contribution in [3.63, 3.8) is 0 Å². The third-order valence-electron chi connectivity index (χ3n) is 2.26. The lowest BCUT2D eigenvalue weighted by molar-refractivity contribution is -0.383. The van der Waals surface area contributed by atoms with Crippen LogP contribution in [-0.4, -0.2) is 34.7 Å². The SMILES string of the molecule is O=CNCCNc1ccc([N+](=O)[O-])c2nonc12. The number of hydrogen-bond donors (Lipinski definition) is 2. The van der Waals surface area contributed by atoms with Gasteiger partial charge in [0.05, 0.1) is 10.6 Å². The van der Waals surface area contributed by atoms with Gasteiger partial charge < -0.3 is 10.6 Å². The number of rotatable bonds is 6. The summed E-state index contributed by atoms with van der Waals surface area (Å²) in [6.45, 7) is 0.881. The van der Waals surface area contributed by atoms with Crippen molar-refractivity contribution in [2.75, 3.05) is 18.4 Å². The molecule has 0 aliphatic heterocycles. The molecular formula is C9H9N5O4. The molecule has 2 N–H and O–H groups in total. The zero-order valence-corrected chi connectivity index (χ0v) is 9.12. The van der Waals surface area contributed by atoms with Crippen LogP contribution in [0.15, 0.2) is 16.8 Å². The summed E-state index contributed by atoms with van der Waals surface area (Å²) in [5.41, 5.74) is 0.774. The predicted octanol–water partition coefficient (Wildman–Crippen LogP) is 0.289. The Bertz CT molecular complexity index is 581. The highest BCUT2D eigenvalue weighted by molar-refractivity contribution is 5.93. The second-order valence-corrected chi connectivity index (χ2v) is 3.35. The van der Waals surface area contributed by atoms with Crippen LogP contribution in [0.4, 0.5) is 11.4 Å². The zero-order chi connectivity index (χ0) is 13.0. The number of carbonyl (C=O) groups excluding carboxylic acids is 1. The van der Waals surface area contributed by atoms with Gasteiger partial charge in [0.15, 0.2) is 5.52 Å². The smallest absolute Gasteiger partial charge is 0.300 e. The van der Waals surface area contributed by atoms with Gasteiger partial charge in [-0.3, -0.25) is 14.9 Å². The molecular weight excluding hydrogens is 242 g/mol. The van der Waals surface area contributed by atoms with Crippen LogP contribution in [0, 0.1) is 10.1 Å². The number of amides is 1. The Morgan fingerprint density at radius 3 is 2.83 bits per heavy atom. The third kappa shape index (κ3) is 2.19. The molecule has 0 atom stereocenters. The highest BCUT2D eigenvalue weighted by atomic mass is 16.6. The lowest BCUT2D eigenvalue weighted by Crippen LogP contribution is -2.20. The van der Waals surface area contributed by atoms with Gasteiger partial charge >= 0.3 is 5.69 Å². The van der Waals surface area contributed by atoms with Crippen molar-refractivity contribution in [3.05, 3.63) is 22.2 Å². The summed E-state index contributed by atoms with van der Waals surface area (Å²) < 4.78 is 4.51. The van der Waals surface area contributed by atoms with E-state index in [9.17, 15) is 14.9 Å². The monoisotopic (exact) mass is 251 g/mol. The van der Waals surface area contributed by atoms with Crippen LogP contribution in [0.25, 0.3) is 11.0 Å². The first-order chi connectivity index (χ1) is 8.74. The molecule has 1 amide bonds. The molecule has 9 nitrogen and oxygen atoms in total. The van der Waals surface area contributed by atoms with Crippen LogP contribution in [-0.2, 0) is 4.79 Å². The summed E-state index contributed by atoms with van der Waals surface area (Å²) in [5.74, 6) is 0. The number of fused-ring (bicyclic) bond motifs is 1. The second-order valence-electron chi connectivity index (χ2n) is 3.35. The van der Waals surface area contributed by atoms with Crippen molar-refractivity contribution >= 4 is 28.8 Å². The molecule has 0 unspecified atom stereocenters. The predicted molar refractivity (Wildman–Crippen MR) is 61.0 cm³/mol. The number of anilines is 1. The minimum atomic E-state index is -0.551. The number of non-ortho nitro benzene ring substituents is 1. The molecule has 18 heavy (non-hydrogen) atoms. The van der Waals surface area contributed by atoms with E-state index in [4.69, 9.17) is 0 Å². The normalized spacial score (nSPS) is 10.2. The molecule has 0 spiro atoms. The van der Waals surface area contributed by atoms with E-state index >= 15 is 0 Å². The van der Waals surface area contributed by atoms with Crippen LogP contribution in [0.5, 0.6) is 0 Å². The number of nitrogens with zero attached hydrogens (tertiary/aromatic N) is 3. The lowest BCUT2D eigenvalue weighted by atomic mass is 10.2. The average Bonchev–Trinajstić information content (AvgIpc) is 2.83. The van der Waals surface area contributed by atoms with Crippen molar-refractivity contribution in [2.45, 2.75) is 0 Å². The van der Waals surface area contributed by atoms with E-state index in [-0.39, 0.29) is 16.7 Å². The van der Waals surface area contributed by atoms with E-state index < -0.39 is 4.92 Å². The van der Waals surface area contributed by atoms with Crippen molar-refractivity contribution in [1.82, 2.24) is 15.6 Å². The fourth-order valence-corrected chi connectivity index (χ4v) is 1.47. The van der Waals surface area contributed by atoms with Gasteiger partial charge in [0.25, 0.3) is 0 Å². The molecule has 0 saturated carbocycles. The maximum absolute atomic E-state index is 10.8. The molecule has 0 aliphatic rings. The number of nitro benzene ring substituents is 1. The number of carbonyl (C=O) groups is 1. The maximum atomic E-state index is 10.8. The quantitative estimate of drug-likeness (QED) is 0.327. The van der Waals surface area contributed by atoms with Gasteiger partial charge in [-0.15, -0.1) is 0 Å². The van der Waals surface area contributed by atoms with Gasteiger partial charge in [0.1, 0.15) is 0 Å². The fraction of sp³-hybridized carbons (Fsp3) is 0.222. The zero-order valence-electron chi connectivity index (χ0n) is 9.12. The highest BCUT2D eigenvalue weighted by Gasteiger charge is 2.19. The first-order valence-electron chi connectivity index (χ1n) is 5.04. The Morgan fingerprint density at radius 1 is 1.33 bits per heavy atom. The van der Waals surface area contributed by atoms with Gasteiger partial charge in [-0.1, -0.05) is 0 Å². The Morgan fingerprint density at radius 2 is 2.11 bits per heavy atom. The largest absolute Gasteiger partial charge is 0.381 e. The number of hydrogen-bond acceptors (Lipinski definition) is 7. The van der Waals surface area contributed by atoms with E-state index in [1.54, 1.807) is 0 Å². The van der Waals surface area contributed by atoms with Gasteiger partial charge in [0.2, 0.25) is 11.9 Å². The molecule has 2 rings (SSSR count). The van der Waals surface area contributed by atoms with Crippen molar-refractivity contribution in [2.24, 2.45) is 0 Å². The minimum absolute atomic E-state index is 0.0911. The fourth-order valence-electron chi connectivity index (χ4n) is 1.47. The molecule has 0 saturated heterocycles. The van der Waals surface area contributed by atoms with Gasteiger partial charge in [0, 0.05) is 19.2 Å². The molecule has 0 aliphatic carbocycles. The molecule has 0 fully saturated rings. The first kappa shape index (κ1) is 11.8. The van der Waals surface area contributed by atoms with Gasteiger partial charge in [-0.05, 0) is 16.4 Å². The standard InChI is InChI=1S/C9H9N5O4/c15-5-10-3-4-11-6-1-2-7(14(16)17)9-8(6)12-18-13-9/h1-2,5,11H,3-4H2,(H,10,15).